The molecule has 1 aliphatic heterocycles. The Morgan fingerprint density at radius 2 is 2.35 bits per heavy atom. The molecule has 2 atom stereocenters. The summed E-state index contributed by atoms with van der Waals surface area (Å²) in [5.41, 5.74) is 6.10. The molecule has 0 spiro atoms. The van der Waals surface area contributed by atoms with Gasteiger partial charge < -0.3 is 15.7 Å². The summed E-state index contributed by atoms with van der Waals surface area (Å²) in [6.07, 6.45) is 2.63. The van der Waals surface area contributed by atoms with Gasteiger partial charge in [0.15, 0.2) is 0 Å². The quantitative estimate of drug-likeness (QED) is 0.836. The maximum atomic E-state index is 12.0. The normalized spacial score (nSPS) is 23.1. The van der Waals surface area contributed by atoms with Crippen LogP contribution >= 0.6 is 11.6 Å². The van der Waals surface area contributed by atoms with Crippen LogP contribution in [-0.4, -0.2) is 41.1 Å². The van der Waals surface area contributed by atoms with Crippen LogP contribution in [-0.2, 0) is 6.54 Å². The highest BCUT2D eigenvalue weighted by molar-refractivity contribution is 6.33. The first-order valence-corrected chi connectivity index (χ1v) is 7.27. The number of halogens is 1. The van der Waals surface area contributed by atoms with Gasteiger partial charge in [0.2, 0.25) is 0 Å². The van der Waals surface area contributed by atoms with Gasteiger partial charge in [0.1, 0.15) is 5.02 Å². The molecule has 0 aliphatic carbocycles. The molecular formula is C13H21ClN4O2. The summed E-state index contributed by atoms with van der Waals surface area (Å²) in [5.74, 6) is 0.984. The van der Waals surface area contributed by atoms with Crippen LogP contribution in [0, 0.1) is 11.8 Å². The molecule has 0 saturated carbocycles. The maximum Gasteiger partial charge on any atom is 0.287 e. The molecule has 2 rings (SSSR count). The number of piperidine rings is 1. The molecule has 1 fully saturated rings. The van der Waals surface area contributed by atoms with Gasteiger partial charge in [-0.1, -0.05) is 18.5 Å². The number of hydrogen-bond donors (Lipinski definition) is 2. The fourth-order valence-electron chi connectivity index (χ4n) is 2.61. The van der Waals surface area contributed by atoms with E-state index in [0.29, 0.717) is 24.1 Å². The van der Waals surface area contributed by atoms with Crippen LogP contribution in [0.25, 0.3) is 0 Å². The lowest BCUT2D eigenvalue weighted by atomic mass is 9.87. The Morgan fingerprint density at radius 1 is 1.60 bits per heavy atom. The standard InChI is InChI=1S/C13H21ClN4O2/c1-9-2-3-17(8-10(9)6-15)11-7-16-18(4-5-19)13(20)12(11)14/h7,9-10,19H,2-6,8,15H2,1H3. The Morgan fingerprint density at radius 3 is 3.00 bits per heavy atom. The van der Waals surface area contributed by atoms with Gasteiger partial charge in [0.25, 0.3) is 5.56 Å². The predicted octanol–water partition coefficient (Wildman–Crippen LogP) is 0.310. The molecular weight excluding hydrogens is 280 g/mol. The number of rotatable bonds is 4. The zero-order valence-electron chi connectivity index (χ0n) is 11.6. The Kier molecular flexibility index (Phi) is 5.01. The van der Waals surface area contributed by atoms with Gasteiger partial charge in [0, 0.05) is 13.1 Å². The SMILES string of the molecule is CC1CCN(c2cnn(CCO)c(=O)c2Cl)CC1CN. The van der Waals surface area contributed by atoms with Crippen molar-refractivity contribution in [3.63, 3.8) is 0 Å². The molecule has 1 saturated heterocycles. The van der Waals surface area contributed by atoms with Crippen LogP contribution < -0.4 is 16.2 Å². The summed E-state index contributed by atoms with van der Waals surface area (Å²) < 4.78 is 1.18. The van der Waals surface area contributed by atoms with Crippen LogP contribution in [0.1, 0.15) is 13.3 Å². The number of nitrogens with zero attached hydrogens (tertiary/aromatic N) is 3. The largest absolute Gasteiger partial charge is 0.394 e. The van der Waals surface area contributed by atoms with Crippen LogP contribution in [0.2, 0.25) is 5.02 Å². The number of hydrogen-bond acceptors (Lipinski definition) is 5. The third-order valence-electron chi connectivity index (χ3n) is 4.04. The molecule has 6 nitrogen and oxygen atoms in total. The van der Waals surface area contributed by atoms with Crippen molar-refractivity contribution < 1.29 is 5.11 Å². The number of aromatic nitrogens is 2. The average molecular weight is 301 g/mol. The molecule has 0 radical (unpaired) electrons. The summed E-state index contributed by atoms with van der Waals surface area (Å²) >= 11 is 6.17. The molecule has 20 heavy (non-hydrogen) atoms. The molecule has 0 amide bonds. The summed E-state index contributed by atoms with van der Waals surface area (Å²) in [6.45, 7) is 4.49. The lowest BCUT2D eigenvalue weighted by Crippen LogP contribution is -2.43. The molecule has 1 aromatic heterocycles. The molecule has 112 valence electrons. The van der Waals surface area contributed by atoms with E-state index >= 15 is 0 Å². The highest BCUT2D eigenvalue weighted by Crippen LogP contribution is 2.29. The molecule has 1 aromatic rings. The van der Waals surface area contributed by atoms with Crippen molar-refractivity contribution in [1.29, 1.82) is 0 Å². The molecule has 1 aliphatic rings. The number of nitrogens with two attached hydrogens (primary N) is 1. The van der Waals surface area contributed by atoms with Crippen molar-refractivity contribution in [2.75, 3.05) is 31.1 Å². The first-order valence-electron chi connectivity index (χ1n) is 6.90. The Hall–Kier alpha value is -1.11. The fourth-order valence-corrected chi connectivity index (χ4v) is 2.87. The van der Waals surface area contributed by atoms with Crippen molar-refractivity contribution in [3.05, 3.63) is 21.6 Å². The van der Waals surface area contributed by atoms with Gasteiger partial charge in [0.05, 0.1) is 25.0 Å². The first kappa shape index (κ1) is 15.3. The van der Waals surface area contributed by atoms with Crippen LogP contribution in [0.4, 0.5) is 5.69 Å². The van der Waals surface area contributed by atoms with Gasteiger partial charge in [-0.3, -0.25) is 4.79 Å². The summed E-state index contributed by atoms with van der Waals surface area (Å²) in [6, 6.07) is 0. The molecule has 0 bridgehead atoms. The zero-order valence-corrected chi connectivity index (χ0v) is 12.4. The number of aliphatic hydroxyl groups is 1. The molecule has 2 heterocycles. The molecule has 3 N–H and O–H groups in total. The number of anilines is 1. The van der Waals surface area contributed by atoms with Crippen molar-refractivity contribution in [2.45, 2.75) is 19.9 Å². The Balaban J connectivity index is 2.25. The summed E-state index contributed by atoms with van der Waals surface area (Å²) in [7, 11) is 0. The van der Waals surface area contributed by atoms with E-state index < -0.39 is 0 Å². The van der Waals surface area contributed by atoms with E-state index in [1.54, 1.807) is 6.20 Å². The van der Waals surface area contributed by atoms with E-state index in [1.807, 2.05) is 0 Å². The van der Waals surface area contributed by atoms with Crippen molar-refractivity contribution in [1.82, 2.24) is 9.78 Å². The maximum absolute atomic E-state index is 12.0. The van der Waals surface area contributed by atoms with Crippen molar-refractivity contribution in [3.8, 4) is 0 Å². The van der Waals surface area contributed by atoms with Gasteiger partial charge in [-0.15, -0.1) is 0 Å². The second-order valence-electron chi connectivity index (χ2n) is 5.30. The van der Waals surface area contributed by atoms with Gasteiger partial charge in [-0.05, 0) is 24.8 Å². The second kappa shape index (κ2) is 6.56. The van der Waals surface area contributed by atoms with Gasteiger partial charge in [-0.25, -0.2) is 4.68 Å². The third-order valence-corrected chi connectivity index (χ3v) is 4.39. The minimum Gasteiger partial charge on any atom is -0.394 e. The van der Waals surface area contributed by atoms with E-state index in [1.165, 1.54) is 4.68 Å². The van der Waals surface area contributed by atoms with Crippen molar-refractivity contribution in [2.24, 2.45) is 17.6 Å². The fraction of sp³-hybridized carbons (Fsp3) is 0.692. The second-order valence-corrected chi connectivity index (χ2v) is 5.68. The average Bonchev–Trinajstić information content (AvgIpc) is 2.45. The zero-order chi connectivity index (χ0) is 14.7. The molecule has 7 heteroatoms. The van der Waals surface area contributed by atoms with Crippen molar-refractivity contribution >= 4 is 17.3 Å². The van der Waals surface area contributed by atoms with Gasteiger partial charge in [-0.2, -0.15) is 5.10 Å². The monoisotopic (exact) mass is 300 g/mol. The topological polar surface area (TPSA) is 84.4 Å². The smallest absolute Gasteiger partial charge is 0.287 e. The predicted molar refractivity (Wildman–Crippen MR) is 79.1 cm³/mol. The summed E-state index contributed by atoms with van der Waals surface area (Å²) in [4.78, 5) is 14.1. The van der Waals surface area contributed by atoms with E-state index in [9.17, 15) is 4.79 Å². The summed E-state index contributed by atoms with van der Waals surface area (Å²) in [5, 5.41) is 13.1. The molecule has 2 unspecified atom stereocenters. The first-order chi connectivity index (χ1) is 9.58. The third kappa shape index (κ3) is 2.97. The lowest BCUT2D eigenvalue weighted by Gasteiger charge is -2.38. The highest BCUT2D eigenvalue weighted by atomic mass is 35.5. The lowest BCUT2D eigenvalue weighted by molar-refractivity contribution is 0.266. The minimum atomic E-state index is -0.360. The van der Waals surface area contributed by atoms with E-state index in [0.717, 1.165) is 19.5 Å². The van der Waals surface area contributed by atoms with E-state index in [2.05, 4.69) is 16.9 Å². The highest BCUT2D eigenvalue weighted by Gasteiger charge is 2.27. The van der Waals surface area contributed by atoms with Crippen LogP contribution in [0.3, 0.4) is 0 Å². The Labute approximate surface area is 123 Å². The number of aliphatic hydroxyl groups excluding tert-OH is 1. The van der Waals surface area contributed by atoms with E-state index in [4.69, 9.17) is 22.4 Å². The van der Waals surface area contributed by atoms with Crippen LogP contribution in [0.15, 0.2) is 11.0 Å². The van der Waals surface area contributed by atoms with E-state index in [-0.39, 0.29) is 23.7 Å². The molecule has 0 aromatic carbocycles. The Bertz CT molecular complexity index is 520. The minimum absolute atomic E-state index is 0.140. The van der Waals surface area contributed by atoms with Crippen LogP contribution in [0.5, 0.6) is 0 Å². The van der Waals surface area contributed by atoms with Gasteiger partial charge >= 0.3 is 0 Å².